The smallest absolute Gasteiger partial charge is 0.128 e. The molecule has 0 saturated heterocycles. The first-order valence-corrected chi connectivity index (χ1v) is 8.83. The topological polar surface area (TPSA) is 44.2 Å². The molecule has 3 rings (SSSR count). The van der Waals surface area contributed by atoms with Crippen molar-refractivity contribution in [3.8, 4) is 11.5 Å². The van der Waals surface area contributed by atoms with Gasteiger partial charge in [0.25, 0.3) is 0 Å². The summed E-state index contributed by atoms with van der Waals surface area (Å²) in [6.45, 7) is 0. The van der Waals surface area contributed by atoms with Crippen molar-refractivity contribution in [2.75, 3.05) is 14.2 Å². The number of hydrogen-bond acceptors (Lipinski definition) is 4. The highest BCUT2D eigenvalue weighted by Gasteiger charge is 2.03. The number of methoxy groups -OCH3 is 2. The molecular formula is C22H24N2O2. The van der Waals surface area contributed by atoms with E-state index in [9.17, 15) is 0 Å². The molecule has 0 atom stereocenters. The van der Waals surface area contributed by atoms with Crippen molar-refractivity contribution in [3.05, 3.63) is 83.4 Å². The normalized spacial score (nSPS) is 10.5. The van der Waals surface area contributed by atoms with Gasteiger partial charge in [0, 0.05) is 18.3 Å². The number of aromatic nitrogens is 2. The van der Waals surface area contributed by atoms with Crippen molar-refractivity contribution in [2.24, 2.45) is 0 Å². The maximum Gasteiger partial charge on any atom is 0.128 e. The average molecular weight is 348 g/mol. The number of benzene rings is 2. The summed E-state index contributed by atoms with van der Waals surface area (Å²) in [5.74, 6) is 2.66. The lowest BCUT2D eigenvalue weighted by Crippen LogP contribution is -2.02. The molecule has 0 aliphatic heterocycles. The SMILES string of the molecule is COc1cccc(CCc2ccnc(CCc3cccc(OC)c3)n2)c1. The Morgan fingerprint density at radius 3 is 1.96 bits per heavy atom. The summed E-state index contributed by atoms with van der Waals surface area (Å²) >= 11 is 0. The van der Waals surface area contributed by atoms with Crippen LogP contribution in [-0.4, -0.2) is 24.2 Å². The Bertz CT molecular complexity index is 782. The van der Waals surface area contributed by atoms with E-state index in [2.05, 4.69) is 29.2 Å². The van der Waals surface area contributed by atoms with E-state index in [0.29, 0.717) is 0 Å². The Hall–Kier alpha value is -2.88. The summed E-state index contributed by atoms with van der Waals surface area (Å²) in [5, 5.41) is 0. The second-order valence-corrected chi connectivity index (χ2v) is 6.17. The van der Waals surface area contributed by atoms with Crippen molar-refractivity contribution in [1.29, 1.82) is 0 Å². The first kappa shape index (κ1) is 17.9. The van der Waals surface area contributed by atoms with Gasteiger partial charge in [-0.05, 0) is 60.7 Å². The van der Waals surface area contributed by atoms with Crippen molar-refractivity contribution in [1.82, 2.24) is 9.97 Å². The van der Waals surface area contributed by atoms with E-state index in [0.717, 1.165) is 48.7 Å². The van der Waals surface area contributed by atoms with Gasteiger partial charge in [-0.1, -0.05) is 24.3 Å². The second kappa shape index (κ2) is 8.99. The number of nitrogens with zero attached hydrogens (tertiary/aromatic N) is 2. The summed E-state index contributed by atoms with van der Waals surface area (Å²) in [4.78, 5) is 9.13. The van der Waals surface area contributed by atoms with Crippen molar-refractivity contribution < 1.29 is 9.47 Å². The molecule has 3 aromatic rings. The molecule has 1 aromatic heterocycles. The van der Waals surface area contributed by atoms with Crippen LogP contribution in [-0.2, 0) is 25.7 Å². The zero-order chi connectivity index (χ0) is 18.2. The van der Waals surface area contributed by atoms with Gasteiger partial charge in [-0.2, -0.15) is 0 Å². The summed E-state index contributed by atoms with van der Waals surface area (Å²) < 4.78 is 10.6. The van der Waals surface area contributed by atoms with Crippen LogP contribution in [0.15, 0.2) is 60.8 Å². The third kappa shape index (κ3) is 5.06. The van der Waals surface area contributed by atoms with Gasteiger partial charge in [-0.15, -0.1) is 0 Å². The lowest BCUT2D eigenvalue weighted by atomic mass is 10.1. The molecule has 1 heterocycles. The van der Waals surface area contributed by atoms with Gasteiger partial charge in [0.05, 0.1) is 14.2 Å². The summed E-state index contributed by atoms with van der Waals surface area (Å²) in [6.07, 6.45) is 5.40. The molecule has 4 heteroatoms. The van der Waals surface area contributed by atoms with E-state index in [4.69, 9.17) is 14.5 Å². The van der Waals surface area contributed by atoms with Crippen LogP contribution in [0.2, 0.25) is 0 Å². The van der Waals surface area contributed by atoms with Crippen LogP contribution < -0.4 is 9.47 Å². The fraction of sp³-hybridized carbons (Fsp3) is 0.273. The van der Waals surface area contributed by atoms with E-state index in [1.165, 1.54) is 11.1 Å². The van der Waals surface area contributed by atoms with Gasteiger partial charge in [0.15, 0.2) is 0 Å². The first-order chi connectivity index (χ1) is 12.8. The van der Waals surface area contributed by atoms with Gasteiger partial charge in [-0.3, -0.25) is 0 Å². The van der Waals surface area contributed by atoms with Gasteiger partial charge in [0.1, 0.15) is 17.3 Å². The van der Waals surface area contributed by atoms with Crippen molar-refractivity contribution in [3.63, 3.8) is 0 Å². The quantitative estimate of drug-likeness (QED) is 0.616. The average Bonchev–Trinajstić information content (AvgIpc) is 2.71. The minimum Gasteiger partial charge on any atom is -0.497 e. The molecule has 0 bridgehead atoms. The Morgan fingerprint density at radius 1 is 0.731 bits per heavy atom. The van der Waals surface area contributed by atoms with Crippen LogP contribution >= 0.6 is 0 Å². The predicted molar refractivity (Wildman–Crippen MR) is 103 cm³/mol. The minimum atomic E-state index is 0.820. The molecule has 0 aliphatic rings. The van der Waals surface area contributed by atoms with E-state index in [1.54, 1.807) is 14.2 Å². The first-order valence-electron chi connectivity index (χ1n) is 8.83. The molecule has 0 saturated carbocycles. The fourth-order valence-corrected chi connectivity index (χ4v) is 2.89. The minimum absolute atomic E-state index is 0.820. The summed E-state index contributed by atoms with van der Waals surface area (Å²) in [6, 6.07) is 18.3. The van der Waals surface area contributed by atoms with Crippen LogP contribution in [0, 0.1) is 0 Å². The largest absolute Gasteiger partial charge is 0.497 e. The van der Waals surface area contributed by atoms with Gasteiger partial charge in [-0.25, -0.2) is 9.97 Å². The van der Waals surface area contributed by atoms with Gasteiger partial charge in [0.2, 0.25) is 0 Å². The van der Waals surface area contributed by atoms with E-state index >= 15 is 0 Å². The predicted octanol–water partition coefficient (Wildman–Crippen LogP) is 4.06. The van der Waals surface area contributed by atoms with Crippen molar-refractivity contribution >= 4 is 0 Å². The second-order valence-electron chi connectivity index (χ2n) is 6.17. The lowest BCUT2D eigenvalue weighted by Gasteiger charge is -2.07. The molecule has 0 amide bonds. The van der Waals surface area contributed by atoms with Crippen LogP contribution in [0.3, 0.4) is 0 Å². The number of ether oxygens (including phenoxy) is 2. The van der Waals surface area contributed by atoms with Crippen LogP contribution in [0.4, 0.5) is 0 Å². The molecule has 2 aromatic carbocycles. The monoisotopic (exact) mass is 348 g/mol. The molecule has 0 radical (unpaired) electrons. The maximum absolute atomic E-state index is 5.28. The zero-order valence-electron chi connectivity index (χ0n) is 15.3. The molecular weight excluding hydrogens is 324 g/mol. The van der Waals surface area contributed by atoms with E-state index in [-0.39, 0.29) is 0 Å². The molecule has 4 nitrogen and oxygen atoms in total. The zero-order valence-corrected chi connectivity index (χ0v) is 15.3. The molecule has 0 fully saturated rings. The molecule has 0 N–H and O–H groups in total. The Labute approximate surface area is 154 Å². The highest BCUT2D eigenvalue weighted by Crippen LogP contribution is 2.15. The maximum atomic E-state index is 5.28. The van der Waals surface area contributed by atoms with Crippen LogP contribution in [0.1, 0.15) is 22.6 Å². The Kier molecular flexibility index (Phi) is 6.20. The van der Waals surface area contributed by atoms with E-state index < -0.39 is 0 Å². The molecule has 0 spiro atoms. The molecule has 134 valence electrons. The third-order valence-electron chi connectivity index (χ3n) is 4.34. The molecule has 0 unspecified atom stereocenters. The van der Waals surface area contributed by atoms with E-state index in [1.807, 2.05) is 36.5 Å². The third-order valence-corrected chi connectivity index (χ3v) is 4.34. The molecule has 26 heavy (non-hydrogen) atoms. The number of aryl methyl sites for hydroxylation is 4. The number of rotatable bonds is 8. The fourth-order valence-electron chi connectivity index (χ4n) is 2.89. The Balaban J connectivity index is 1.58. The standard InChI is InChI=1S/C22H24N2O2/c1-25-20-7-3-5-17(15-20)9-11-19-13-14-23-22(24-19)12-10-18-6-4-8-21(16-18)26-2/h3-8,13-16H,9-12H2,1-2H3. The van der Waals surface area contributed by atoms with Crippen molar-refractivity contribution in [2.45, 2.75) is 25.7 Å². The molecule has 0 aliphatic carbocycles. The lowest BCUT2D eigenvalue weighted by molar-refractivity contribution is 0.414. The van der Waals surface area contributed by atoms with Crippen LogP contribution in [0.5, 0.6) is 11.5 Å². The van der Waals surface area contributed by atoms with Gasteiger partial charge >= 0.3 is 0 Å². The summed E-state index contributed by atoms with van der Waals surface area (Å²) in [7, 11) is 3.38. The Morgan fingerprint density at radius 2 is 1.35 bits per heavy atom. The highest BCUT2D eigenvalue weighted by atomic mass is 16.5. The summed E-state index contributed by atoms with van der Waals surface area (Å²) in [5.41, 5.74) is 3.55. The van der Waals surface area contributed by atoms with Crippen LogP contribution in [0.25, 0.3) is 0 Å². The highest BCUT2D eigenvalue weighted by molar-refractivity contribution is 5.29. The van der Waals surface area contributed by atoms with Gasteiger partial charge < -0.3 is 9.47 Å². The number of hydrogen-bond donors (Lipinski definition) is 0.